The van der Waals surface area contributed by atoms with Crippen molar-refractivity contribution in [3.05, 3.63) is 240 Å². The Morgan fingerprint density at radius 2 is 1.08 bits per heavy atom. The molecule has 66 heavy (non-hydrogen) atoms. The Hall–Kier alpha value is -8.09. The van der Waals surface area contributed by atoms with Crippen molar-refractivity contribution in [2.45, 2.75) is 24.9 Å². The summed E-state index contributed by atoms with van der Waals surface area (Å²) in [5.41, 5.74) is 12.4. The molecule has 2 heterocycles. The van der Waals surface area contributed by atoms with Crippen LogP contribution in [-0.2, 0) is 18.0 Å². The third-order valence-corrected chi connectivity index (χ3v) is 14.0. The van der Waals surface area contributed by atoms with Crippen LogP contribution in [0.4, 0.5) is 47.3 Å². The van der Waals surface area contributed by atoms with Crippen LogP contribution >= 0.6 is 0 Å². The lowest BCUT2D eigenvalue weighted by atomic mass is 9.64. The van der Waals surface area contributed by atoms with Crippen LogP contribution in [-0.4, -0.2) is 0 Å². The van der Waals surface area contributed by atoms with Crippen LogP contribution in [0.15, 0.2) is 211 Å². The topological polar surface area (TPSA) is 19.6 Å². The molecule has 0 N–H and O–H groups in total. The number of hydrogen-bond donors (Lipinski definition) is 0. The second-order valence-electron chi connectivity index (χ2n) is 17.3. The highest BCUT2D eigenvalue weighted by atomic mass is 19.4. The highest BCUT2D eigenvalue weighted by Crippen LogP contribution is 2.66. The second kappa shape index (κ2) is 14.2. The van der Waals surface area contributed by atoms with Crippen molar-refractivity contribution in [2.75, 3.05) is 9.80 Å². The number of furan rings is 1. The van der Waals surface area contributed by atoms with Gasteiger partial charge in [0.1, 0.15) is 5.58 Å². The molecular formula is C60H39F3N2O. The van der Waals surface area contributed by atoms with Crippen molar-refractivity contribution in [3.63, 3.8) is 0 Å². The van der Waals surface area contributed by atoms with Crippen LogP contribution in [0, 0.1) is 0 Å². The summed E-state index contributed by atoms with van der Waals surface area (Å²) in [5, 5.41) is 5.43. The maximum Gasteiger partial charge on any atom is 0.420 e. The zero-order valence-corrected chi connectivity index (χ0v) is 35.8. The van der Waals surface area contributed by atoms with Crippen LogP contribution in [0.25, 0.3) is 54.6 Å². The fourth-order valence-electron chi connectivity index (χ4n) is 11.3. The van der Waals surface area contributed by atoms with Crippen molar-refractivity contribution in [2.24, 2.45) is 0 Å². The molecule has 0 amide bonds. The number of alkyl halides is 3. The predicted molar refractivity (Wildman–Crippen MR) is 263 cm³/mol. The molecular weight excluding hydrogens is 822 g/mol. The molecule has 1 spiro atoms. The zero-order valence-electron chi connectivity index (χ0n) is 35.8. The zero-order chi connectivity index (χ0) is 44.3. The van der Waals surface area contributed by atoms with Crippen LogP contribution in [0.5, 0.6) is 0 Å². The summed E-state index contributed by atoms with van der Waals surface area (Å²) >= 11 is 0. The number of aryl methyl sites for hydroxylation is 1. The van der Waals surface area contributed by atoms with E-state index in [1.807, 2.05) is 18.2 Å². The van der Waals surface area contributed by atoms with Gasteiger partial charge in [0.2, 0.25) is 0 Å². The molecule has 316 valence electrons. The second-order valence-corrected chi connectivity index (χ2v) is 17.3. The lowest BCUT2D eigenvalue weighted by Gasteiger charge is -2.45. The summed E-state index contributed by atoms with van der Waals surface area (Å²) in [4.78, 5) is 4.58. The van der Waals surface area contributed by atoms with Crippen molar-refractivity contribution in [1.82, 2.24) is 0 Å². The smallest absolute Gasteiger partial charge is 0.420 e. The van der Waals surface area contributed by atoms with Gasteiger partial charge in [-0.2, -0.15) is 13.2 Å². The molecule has 0 radical (unpaired) electrons. The van der Waals surface area contributed by atoms with E-state index in [1.165, 1.54) is 28.1 Å². The molecule has 6 heteroatoms. The Morgan fingerprint density at radius 3 is 1.79 bits per heavy atom. The quantitative estimate of drug-likeness (QED) is 0.172. The van der Waals surface area contributed by atoms with Crippen molar-refractivity contribution < 1.29 is 17.6 Å². The first-order valence-corrected chi connectivity index (χ1v) is 22.4. The van der Waals surface area contributed by atoms with Crippen LogP contribution in [0.3, 0.4) is 0 Å². The van der Waals surface area contributed by atoms with Gasteiger partial charge in [0.15, 0.2) is 5.58 Å². The Morgan fingerprint density at radius 1 is 0.485 bits per heavy atom. The Kier molecular flexibility index (Phi) is 8.26. The largest absolute Gasteiger partial charge is 0.453 e. The summed E-state index contributed by atoms with van der Waals surface area (Å²) in [5.74, 6) is 0. The van der Waals surface area contributed by atoms with Crippen LogP contribution in [0.1, 0.15) is 40.3 Å². The molecule has 2 aliphatic rings. The Bertz CT molecular complexity index is 3710. The number of halogens is 3. The standard InChI is InChI=1S/C60H39F3N2O/c1-2-37-30-33-40(34-31-37)65(53-29-15-23-45-44-22-14-26-49(60(61,62)63)57(44)66-58(45)53)54-36-50-56(43-21-9-8-20-42(43)54)55-41-19-7-6-16-38(41)32-35-48(55)59(50)46-24-10-12-27-51(46)64(39-17-4-3-5-18-39)52-28-13-11-25-47(52)59/h3-36H,2H2,1H3. The lowest BCUT2D eigenvalue weighted by molar-refractivity contribution is -0.136. The molecule has 3 nitrogen and oxygen atoms in total. The fraction of sp³-hybridized carbons (Fsp3) is 0.0667. The van der Waals surface area contributed by atoms with Crippen LogP contribution in [0.2, 0.25) is 0 Å². The summed E-state index contributed by atoms with van der Waals surface area (Å²) in [6, 6.07) is 70.9. The molecule has 1 aromatic heterocycles. The first kappa shape index (κ1) is 38.4. The fourth-order valence-corrected chi connectivity index (χ4v) is 11.3. The molecule has 0 bridgehead atoms. The van der Waals surface area contributed by atoms with Gasteiger partial charge in [0.05, 0.1) is 33.7 Å². The van der Waals surface area contributed by atoms with Gasteiger partial charge < -0.3 is 14.2 Å². The third-order valence-electron chi connectivity index (χ3n) is 14.0. The number of benzene rings is 10. The average Bonchev–Trinajstić information content (AvgIpc) is 3.89. The average molecular weight is 861 g/mol. The molecule has 0 saturated heterocycles. The van der Waals surface area contributed by atoms with E-state index in [2.05, 4.69) is 187 Å². The first-order chi connectivity index (χ1) is 32.4. The number of rotatable bonds is 5. The van der Waals surface area contributed by atoms with Gasteiger partial charge in [0, 0.05) is 27.5 Å². The van der Waals surface area contributed by atoms with Crippen LogP contribution < -0.4 is 9.80 Å². The highest BCUT2D eigenvalue weighted by Gasteiger charge is 2.53. The maximum absolute atomic E-state index is 14.7. The van der Waals surface area contributed by atoms with E-state index in [0.29, 0.717) is 22.0 Å². The van der Waals surface area contributed by atoms with Gasteiger partial charge in [-0.3, -0.25) is 0 Å². The molecule has 11 aromatic rings. The summed E-state index contributed by atoms with van der Waals surface area (Å²) < 4.78 is 50.5. The molecule has 0 atom stereocenters. The van der Waals surface area contributed by atoms with Gasteiger partial charge in [-0.25, -0.2) is 0 Å². The maximum atomic E-state index is 14.7. The van der Waals surface area contributed by atoms with Gasteiger partial charge in [-0.1, -0.05) is 159 Å². The Balaban J connectivity index is 1.20. The minimum absolute atomic E-state index is 0.174. The molecule has 13 rings (SSSR count). The molecule has 0 unspecified atom stereocenters. The number of nitrogens with zero attached hydrogens (tertiary/aromatic N) is 2. The highest BCUT2D eigenvalue weighted by molar-refractivity contribution is 6.18. The summed E-state index contributed by atoms with van der Waals surface area (Å²) in [7, 11) is 0. The lowest BCUT2D eigenvalue weighted by Crippen LogP contribution is -2.36. The summed E-state index contributed by atoms with van der Waals surface area (Å²) in [6.45, 7) is 2.13. The van der Waals surface area contributed by atoms with Crippen molar-refractivity contribution in [3.8, 4) is 11.1 Å². The number of para-hydroxylation sites is 5. The number of hydrogen-bond acceptors (Lipinski definition) is 3. The van der Waals surface area contributed by atoms with E-state index in [1.54, 1.807) is 6.07 Å². The van der Waals surface area contributed by atoms with Crippen molar-refractivity contribution >= 4 is 77.6 Å². The molecule has 0 fully saturated rings. The Labute approximate surface area is 379 Å². The molecule has 0 saturated carbocycles. The molecule has 1 aliphatic heterocycles. The van der Waals surface area contributed by atoms with E-state index in [4.69, 9.17) is 4.42 Å². The molecule has 1 aliphatic carbocycles. The minimum atomic E-state index is -4.60. The van der Waals surface area contributed by atoms with E-state index in [9.17, 15) is 13.2 Å². The van der Waals surface area contributed by atoms with E-state index < -0.39 is 17.2 Å². The number of anilines is 6. The van der Waals surface area contributed by atoms with Gasteiger partial charge in [0.25, 0.3) is 0 Å². The van der Waals surface area contributed by atoms with Crippen molar-refractivity contribution in [1.29, 1.82) is 0 Å². The minimum Gasteiger partial charge on any atom is -0.453 e. The SMILES string of the molecule is CCc1ccc(N(c2cc3c(c4ccccc24)-c2c(ccc4ccccc24)C32c3ccccc3N(c3ccccc3)c3ccccc32)c2cccc3c2oc2c(C(F)(F)F)cccc23)cc1. The van der Waals surface area contributed by atoms with E-state index >= 15 is 0 Å². The van der Waals surface area contributed by atoms with E-state index in [0.717, 1.165) is 79.3 Å². The van der Waals surface area contributed by atoms with E-state index in [-0.39, 0.29) is 5.58 Å². The summed E-state index contributed by atoms with van der Waals surface area (Å²) in [6.07, 6.45) is -3.75. The first-order valence-electron chi connectivity index (χ1n) is 22.4. The van der Waals surface area contributed by atoms with Gasteiger partial charge in [-0.15, -0.1) is 0 Å². The van der Waals surface area contributed by atoms with Gasteiger partial charge >= 0.3 is 6.18 Å². The third kappa shape index (κ3) is 5.27. The number of fused-ring (bicyclic) bond motifs is 16. The monoisotopic (exact) mass is 860 g/mol. The normalized spacial score (nSPS) is 13.6. The predicted octanol–water partition coefficient (Wildman–Crippen LogP) is 17.1. The van der Waals surface area contributed by atoms with Gasteiger partial charge in [-0.05, 0) is 116 Å². The molecule has 10 aromatic carbocycles.